The highest BCUT2D eigenvalue weighted by Crippen LogP contribution is 1.86. The molecule has 8 nitrogen and oxygen atoms in total. The van der Waals surface area contributed by atoms with Crippen molar-refractivity contribution in [1.29, 1.82) is 0 Å². The van der Waals surface area contributed by atoms with Gasteiger partial charge in [-0.25, -0.2) is 4.79 Å². The molecule has 0 fully saturated rings. The summed E-state index contributed by atoms with van der Waals surface area (Å²) in [5.41, 5.74) is 0. The Bertz CT molecular complexity index is 264. The number of methoxy groups -OCH3 is 1. The minimum atomic E-state index is -0.467. The van der Waals surface area contributed by atoms with E-state index in [2.05, 4.69) is 5.32 Å². The molecule has 138 valence electrons. The van der Waals surface area contributed by atoms with Gasteiger partial charge >= 0.3 is 6.09 Å². The Morgan fingerprint density at radius 1 is 0.826 bits per heavy atom. The van der Waals surface area contributed by atoms with Crippen LogP contribution in [0.4, 0.5) is 4.79 Å². The maximum absolute atomic E-state index is 11.3. The summed E-state index contributed by atoms with van der Waals surface area (Å²) in [6.07, 6.45) is -0.314. The van der Waals surface area contributed by atoms with Crippen LogP contribution in [0.25, 0.3) is 0 Å². The van der Waals surface area contributed by atoms with Crippen LogP contribution in [0, 0.1) is 0 Å². The lowest BCUT2D eigenvalue weighted by molar-refractivity contribution is -0.00241. The summed E-state index contributed by atoms with van der Waals surface area (Å²) in [6, 6.07) is 0. The van der Waals surface area contributed by atoms with Crippen molar-refractivity contribution in [3.63, 3.8) is 0 Å². The molecule has 0 spiro atoms. The fraction of sp³-hybridized carbons (Fsp3) is 0.933. The summed E-state index contributed by atoms with van der Waals surface area (Å²) in [4.78, 5) is 11.3. The Morgan fingerprint density at radius 3 is 1.87 bits per heavy atom. The summed E-state index contributed by atoms with van der Waals surface area (Å²) < 4.78 is 30.9. The smallest absolute Gasteiger partial charge is 0.407 e. The molecule has 0 radical (unpaired) electrons. The van der Waals surface area contributed by atoms with E-state index >= 15 is 0 Å². The number of amides is 1. The van der Waals surface area contributed by atoms with Gasteiger partial charge in [-0.05, 0) is 13.8 Å². The topological polar surface area (TPSA) is 84.5 Å². The molecule has 0 aromatic carbocycles. The minimum Gasteiger partial charge on any atom is -0.447 e. The Morgan fingerprint density at radius 2 is 1.35 bits per heavy atom. The number of carbonyl (C=O) groups is 1. The molecule has 1 amide bonds. The van der Waals surface area contributed by atoms with Gasteiger partial charge in [-0.1, -0.05) is 0 Å². The van der Waals surface area contributed by atoms with Crippen LogP contribution in [0.15, 0.2) is 0 Å². The van der Waals surface area contributed by atoms with Crippen LogP contribution in [0.1, 0.15) is 13.8 Å². The molecule has 0 aromatic heterocycles. The Hall–Kier alpha value is -0.930. The summed E-state index contributed by atoms with van der Waals surface area (Å²) in [6.45, 7) is 8.45. The lowest BCUT2D eigenvalue weighted by Gasteiger charge is -2.09. The highest BCUT2D eigenvalue weighted by molar-refractivity contribution is 5.66. The van der Waals surface area contributed by atoms with Crippen molar-refractivity contribution in [2.75, 3.05) is 73.1 Å². The zero-order valence-corrected chi connectivity index (χ0v) is 14.5. The number of rotatable bonds is 16. The fourth-order valence-electron chi connectivity index (χ4n) is 1.38. The number of carbonyl (C=O) groups excluding carboxylic acids is 1. The number of hydrogen-bond donors (Lipinski definition) is 1. The van der Waals surface area contributed by atoms with Gasteiger partial charge in [0.05, 0.1) is 59.0 Å². The van der Waals surface area contributed by atoms with Gasteiger partial charge in [-0.3, -0.25) is 0 Å². The molecule has 0 heterocycles. The van der Waals surface area contributed by atoms with Crippen LogP contribution in [0.3, 0.4) is 0 Å². The van der Waals surface area contributed by atoms with Crippen molar-refractivity contribution < 1.29 is 33.2 Å². The third kappa shape index (κ3) is 19.0. The predicted octanol–water partition coefficient (Wildman–Crippen LogP) is 0.834. The molecule has 0 aliphatic carbocycles. The van der Waals surface area contributed by atoms with E-state index < -0.39 is 6.09 Å². The van der Waals surface area contributed by atoms with Gasteiger partial charge in [0.15, 0.2) is 0 Å². The molecule has 0 bridgehead atoms. The molecule has 8 heteroatoms. The molecule has 0 saturated heterocycles. The van der Waals surface area contributed by atoms with Crippen molar-refractivity contribution in [3.05, 3.63) is 0 Å². The van der Waals surface area contributed by atoms with Gasteiger partial charge < -0.3 is 33.7 Å². The van der Waals surface area contributed by atoms with Crippen LogP contribution in [-0.4, -0.2) is 85.3 Å². The van der Waals surface area contributed by atoms with Crippen molar-refractivity contribution >= 4 is 6.09 Å². The van der Waals surface area contributed by atoms with Crippen LogP contribution in [0.5, 0.6) is 0 Å². The maximum atomic E-state index is 11.3. The predicted molar refractivity (Wildman–Crippen MR) is 84.8 cm³/mol. The van der Waals surface area contributed by atoms with E-state index in [0.717, 1.165) is 0 Å². The molecule has 0 unspecified atom stereocenters. The fourth-order valence-corrected chi connectivity index (χ4v) is 1.38. The highest BCUT2D eigenvalue weighted by Gasteiger charge is 2.01. The number of nitrogens with one attached hydrogen (secondary N) is 1. The third-order valence-corrected chi connectivity index (χ3v) is 2.46. The van der Waals surface area contributed by atoms with E-state index in [1.807, 2.05) is 13.8 Å². The van der Waals surface area contributed by atoms with Gasteiger partial charge in [0.25, 0.3) is 0 Å². The second kappa shape index (κ2) is 17.4. The average molecular weight is 337 g/mol. The molecule has 0 aliphatic rings. The van der Waals surface area contributed by atoms with Crippen LogP contribution >= 0.6 is 0 Å². The monoisotopic (exact) mass is 337 g/mol. The number of ether oxygens (including phenoxy) is 6. The average Bonchev–Trinajstić information content (AvgIpc) is 2.52. The molecular weight excluding hydrogens is 306 g/mol. The maximum Gasteiger partial charge on any atom is 0.407 e. The van der Waals surface area contributed by atoms with Crippen molar-refractivity contribution in [2.45, 2.75) is 20.0 Å². The Labute approximate surface area is 138 Å². The Kier molecular flexibility index (Phi) is 16.7. The van der Waals surface area contributed by atoms with Crippen LogP contribution in [0.2, 0.25) is 0 Å². The van der Waals surface area contributed by atoms with Gasteiger partial charge in [-0.2, -0.15) is 0 Å². The second-order valence-electron chi connectivity index (χ2n) is 4.81. The Balaban J connectivity index is 3.13. The molecule has 1 N–H and O–H groups in total. The molecular formula is C15H31NO7. The van der Waals surface area contributed by atoms with Gasteiger partial charge in [0, 0.05) is 13.7 Å². The second-order valence-corrected chi connectivity index (χ2v) is 4.81. The summed E-state index contributed by atoms with van der Waals surface area (Å²) in [7, 11) is 1.63. The minimum absolute atomic E-state index is 0.153. The van der Waals surface area contributed by atoms with E-state index in [1.54, 1.807) is 7.11 Å². The van der Waals surface area contributed by atoms with Crippen LogP contribution < -0.4 is 5.32 Å². The SMILES string of the molecule is COCCOCCOCCOCCOC(=O)NCCOC(C)C. The molecule has 0 rings (SSSR count). The summed E-state index contributed by atoms with van der Waals surface area (Å²) in [5, 5.41) is 2.59. The number of alkyl carbamates (subject to hydrolysis) is 1. The van der Waals surface area contributed by atoms with Crippen molar-refractivity contribution in [3.8, 4) is 0 Å². The lowest BCUT2D eigenvalue weighted by Crippen LogP contribution is -2.29. The van der Waals surface area contributed by atoms with E-state index in [-0.39, 0.29) is 12.7 Å². The molecule has 0 aromatic rings. The largest absolute Gasteiger partial charge is 0.447 e. The highest BCUT2D eigenvalue weighted by atomic mass is 16.6. The van der Waals surface area contributed by atoms with Gasteiger partial charge in [-0.15, -0.1) is 0 Å². The molecule has 0 aliphatic heterocycles. The first-order valence-electron chi connectivity index (χ1n) is 7.91. The summed E-state index contributed by atoms with van der Waals surface area (Å²) in [5.74, 6) is 0. The molecule has 23 heavy (non-hydrogen) atoms. The van der Waals surface area contributed by atoms with Crippen LogP contribution in [-0.2, 0) is 28.4 Å². The summed E-state index contributed by atoms with van der Waals surface area (Å²) >= 11 is 0. The van der Waals surface area contributed by atoms with Crippen molar-refractivity contribution in [1.82, 2.24) is 5.32 Å². The standard InChI is InChI=1S/C15H31NO7/c1-14(2)22-5-4-16-15(17)23-13-12-21-11-10-20-9-8-19-7-6-18-3/h14H,4-13H2,1-3H3,(H,16,17). The first-order valence-corrected chi connectivity index (χ1v) is 7.91. The van der Waals surface area contributed by atoms with Crippen molar-refractivity contribution in [2.24, 2.45) is 0 Å². The normalized spacial score (nSPS) is 11.0. The van der Waals surface area contributed by atoms with Gasteiger partial charge in [0.1, 0.15) is 6.61 Å². The van der Waals surface area contributed by atoms with E-state index in [9.17, 15) is 4.79 Å². The molecule has 0 saturated carbocycles. The lowest BCUT2D eigenvalue weighted by atomic mass is 10.5. The molecule has 0 atom stereocenters. The zero-order valence-electron chi connectivity index (χ0n) is 14.5. The van der Waals surface area contributed by atoms with E-state index in [0.29, 0.717) is 59.4 Å². The first-order chi connectivity index (χ1) is 11.2. The first kappa shape index (κ1) is 22.1. The van der Waals surface area contributed by atoms with E-state index in [1.165, 1.54) is 0 Å². The number of hydrogen-bond acceptors (Lipinski definition) is 7. The van der Waals surface area contributed by atoms with E-state index in [4.69, 9.17) is 28.4 Å². The zero-order chi connectivity index (χ0) is 17.2. The van der Waals surface area contributed by atoms with Gasteiger partial charge in [0.2, 0.25) is 0 Å². The third-order valence-electron chi connectivity index (χ3n) is 2.46. The quantitative estimate of drug-likeness (QED) is 0.418.